The molecule has 0 saturated heterocycles. The molecule has 0 spiro atoms. The fraction of sp³-hybridized carbons (Fsp3) is 0.857. The van der Waals surface area contributed by atoms with Gasteiger partial charge in [-0.25, -0.2) is 0 Å². The second-order valence-electron chi connectivity index (χ2n) is 2.20. The monoisotopic (exact) mass is 258 g/mol. The van der Waals surface area contributed by atoms with Crippen LogP contribution in [0.25, 0.3) is 0 Å². The van der Waals surface area contributed by atoms with Crippen LogP contribution in [0.1, 0.15) is 39.0 Å². The fourth-order valence-corrected chi connectivity index (χ4v) is 0.703. The van der Waals surface area contributed by atoms with Gasteiger partial charge >= 0.3 is 5.97 Å². The third kappa shape index (κ3) is 11.1. The number of hydrogen-bond donors (Lipinski definition) is 1. The van der Waals surface area contributed by atoms with Crippen LogP contribution in [0.3, 0.4) is 0 Å². The molecule has 0 unspecified atom stereocenters. The van der Waals surface area contributed by atoms with Crippen LogP contribution in [0.15, 0.2) is 0 Å². The van der Waals surface area contributed by atoms with Crippen molar-refractivity contribution in [3.63, 3.8) is 0 Å². The lowest BCUT2D eigenvalue weighted by molar-refractivity contribution is -0.137. The smallest absolute Gasteiger partial charge is 0.303 e. The summed E-state index contributed by atoms with van der Waals surface area (Å²) in [5.41, 5.74) is 0. The molecule has 1 N–H and O–H groups in total. The van der Waals surface area contributed by atoms with Gasteiger partial charge in [-0.3, -0.25) is 4.79 Å². The fourth-order valence-electron chi connectivity index (χ4n) is 0.703. The van der Waals surface area contributed by atoms with Gasteiger partial charge in [0, 0.05) is 6.42 Å². The Morgan fingerprint density at radius 1 is 1.30 bits per heavy atom. The lowest BCUT2D eigenvalue weighted by Gasteiger charge is -1.92. The van der Waals surface area contributed by atoms with Gasteiger partial charge < -0.3 is 5.11 Å². The maximum Gasteiger partial charge on any atom is 0.303 e. The van der Waals surface area contributed by atoms with Gasteiger partial charge in [0.25, 0.3) is 0 Å². The number of carboxylic acid groups (broad SMARTS) is 1. The molecule has 0 aliphatic heterocycles. The molecule has 0 aromatic heterocycles. The van der Waals surface area contributed by atoms with Gasteiger partial charge in [0.05, 0.1) is 0 Å². The summed E-state index contributed by atoms with van der Waals surface area (Å²) >= 11 is 0. The molecule has 0 aliphatic rings. The number of hydrogen-bond acceptors (Lipinski definition) is 1. The Hall–Kier alpha value is 0.200. The molecule has 0 heterocycles. The molecule has 0 aromatic rings. The second-order valence-corrected chi connectivity index (χ2v) is 2.20. The van der Waals surface area contributed by atoms with Crippen molar-refractivity contribution in [2.45, 2.75) is 39.0 Å². The maximum absolute atomic E-state index is 9.96. The van der Waals surface area contributed by atoms with Crippen molar-refractivity contribution >= 4 is 29.9 Å². The Morgan fingerprint density at radius 2 is 1.90 bits per heavy atom. The molecule has 0 bridgehead atoms. The van der Waals surface area contributed by atoms with Crippen molar-refractivity contribution in [1.82, 2.24) is 0 Å². The van der Waals surface area contributed by atoms with E-state index in [1.807, 2.05) is 0 Å². The molecule has 0 aromatic carbocycles. The van der Waals surface area contributed by atoms with E-state index in [2.05, 4.69) is 6.92 Å². The quantitative estimate of drug-likeness (QED) is 0.608. The normalized spacial score (nSPS) is 8.50. The number of carboxylic acids is 1. The first-order valence-electron chi connectivity index (χ1n) is 3.49. The number of unbranched alkanes of at least 4 members (excludes halogenated alkanes) is 3. The molecule has 62 valence electrons. The molecule has 0 fully saturated rings. The third-order valence-electron chi connectivity index (χ3n) is 1.24. The SMILES string of the molecule is CCCCCCC(=O)O.I. The van der Waals surface area contributed by atoms with E-state index < -0.39 is 5.97 Å². The molecule has 0 rings (SSSR count). The van der Waals surface area contributed by atoms with E-state index in [1.165, 1.54) is 6.42 Å². The molecule has 3 heteroatoms. The molecule has 0 aliphatic carbocycles. The zero-order chi connectivity index (χ0) is 7.11. The van der Waals surface area contributed by atoms with Crippen LogP contribution < -0.4 is 0 Å². The van der Waals surface area contributed by atoms with E-state index >= 15 is 0 Å². The number of halogens is 1. The molecule has 2 nitrogen and oxygen atoms in total. The Bertz CT molecular complexity index is 83.7. The average molecular weight is 258 g/mol. The van der Waals surface area contributed by atoms with Gasteiger partial charge in [0.1, 0.15) is 0 Å². The van der Waals surface area contributed by atoms with Gasteiger partial charge in [-0.15, -0.1) is 24.0 Å². The lowest BCUT2D eigenvalue weighted by Crippen LogP contribution is -1.92. The van der Waals surface area contributed by atoms with Gasteiger partial charge in [-0.2, -0.15) is 0 Å². The molecule has 0 saturated carbocycles. The van der Waals surface area contributed by atoms with Gasteiger partial charge in [0.2, 0.25) is 0 Å². The molecule has 0 radical (unpaired) electrons. The first-order valence-corrected chi connectivity index (χ1v) is 3.49. The van der Waals surface area contributed by atoms with Crippen molar-refractivity contribution < 1.29 is 9.90 Å². The van der Waals surface area contributed by atoms with Crippen molar-refractivity contribution in [3.05, 3.63) is 0 Å². The highest BCUT2D eigenvalue weighted by Gasteiger charge is 1.93. The molecule has 0 atom stereocenters. The van der Waals surface area contributed by atoms with E-state index in [0.29, 0.717) is 6.42 Å². The van der Waals surface area contributed by atoms with Crippen LogP contribution in [0.4, 0.5) is 0 Å². The van der Waals surface area contributed by atoms with Gasteiger partial charge in [-0.05, 0) is 6.42 Å². The van der Waals surface area contributed by atoms with Crippen LogP contribution in [0.2, 0.25) is 0 Å². The number of aliphatic carboxylic acids is 1. The molecular formula is C7H15IO2. The van der Waals surface area contributed by atoms with E-state index in [-0.39, 0.29) is 24.0 Å². The molecule has 10 heavy (non-hydrogen) atoms. The van der Waals surface area contributed by atoms with E-state index in [9.17, 15) is 4.79 Å². The lowest BCUT2D eigenvalue weighted by atomic mass is 10.2. The minimum Gasteiger partial charge on any atom is -0.481 e. The first-order chi connectivity index (χ1) is 4.27. The van der Waals surface area contributed by atoms with Crippen LogP contribution in [-0.2, 0) is 4.79 Å². The summed E-state index contributed by atoms with van der Waals surface area (Å²) in [5.74, 6) is -0.675. The Morgan fingerprint density at radius 3 is 2.30 bits per heavy atom. The topological polar surface area (TPSA) is 37.3 Å². The summed E-state index contributed by atoms with van der Waals surface area (Å²) < 4.78 is 0. The summed E-state index contributed by atoms with van der Waals surface area (Å²) in [4.78, 5) is 9.96. The minimum atomic E-state index is -0.675. The van der Waals surface area contributed by atoms with E-state index in [1.54, 1.807) is 0 Å². The highest BCUT2D eigenvalue weighted by atomic mass is 127. The number of rotatable bonds is 5. The zero-order valence-electron chi connectivity index (χ0n) is 6.30. The number of carbonyl (C=O) groups is 1. The third-order valence-corrected chi connectivity index (χ3v) is 1.24. The maximum atomic E-state index is 9.96. The van der Waals surface area contributed by atoms with Gasteiger partial charge in [0.15, 0.2) is 0 Å². The van der Waals surface area contributed by atoms with Crippen LogP contribution in [0.5, 0.6) is 0 Å². The average Bonchev–Trinajstić information content (AvgIpc) is 1.80. The standard InChI is InChI=1S/C7H14O2.HI/c1-2-3-4-5-6-7(8)9;/h2-6H2,1H3,(H,8,9);1H. The Kier molecular flexibility index (Phi) is 11.8. The molecular weight excluding hydrogens is 243 g/mol. The van der Waals surface area contributed by atoms with Crippen molar-refractivity contribution in [3.8, 4) is 0 Å². The minimum absolute atomic E-state index is 0. The summed E-state index contributed by atoms with van der Waals surface area (Å²) in [6.45, 7) is 2.11. The van der Waals surface area contributed by atoms with E-state index in [4.69, 9.17) is 5.11 Å². The predicted molar refractivity (Wildman–Crippen MR) is 51.8 cm³/mol. The Balaban J connectivity index is 0. The second kappa shape index (κ2) is 9.20. The summed E-state index contributed by atoms with van der Waals surface area (Å²) in [6, 6.07) is 0. The predicted octanol–water partition coefficient (Wildman–Crippen LogP) is 2.66. The van der Waals surface area contributed by atoms with Crippen molar-refractivity contribution in [2.75, 3.05) is 0 Å². The van der Waals surface area contributed by atoms with Crippen LogP contribution >= 0.6 is 24.0 Å². The van der Waals surface area contributed by atoms with Crippen LogP contribution in [0, 0.1) is 0 Å². The van der Waals surface area contributed by atoms with Crippen LogP contribution in [-0.4, -0.2) is 11.1 Å². The summed E-state index contributed by atoms with van der Waals surface area (Å²) in [5, 5.41) is 8.21. The highest BCUT2D eigenvalue weighted by Crippen LogP contribution is 2.01. The Labute approximate surface area is 79.0 Å². The summed E-state index contributed by atoms with van der Waals surface area (Å²) in [7, 11) is 0. The highest BCUT2D eigenvalue weighted by molar-refractivity contribution is 14.0. The van der Waals surface area contributed by atoms with Gasteiger partial charge in [-0.1, -0.05) is 26.2 Å². The largest absolute Gasteiger partial charge is 0.481 e. The van der Waals surface area contributed by atoms with Crippen molar-refractivity contribution in [2.24, 2.45) is 0 Å². The molecule has 0 amide bonds. The van der Waals surface area contributed by atoms with E-state index in [0.717, 1.165) is 19.3 Å². The van der Waals surface area contributed by atoms with Crippen molar-refractivity contribution in [1.29, 1.82) is 0 Å². The first kappa shape index (κ1) is 12.8. The summed E-state index contributed by atoms with van der Waals surface area (Å²) in [6.07, 6.45) is 4.55. The zero-order valence-corrected chi connectivity index (χ0v) is 8.63.